The zero-order chi connectivity index (χ0) is 12.0. The second-order valence-corrected chi connectivity index (χ2v) is 3.48. The van der Waals surface area contributed by atoms with E-state index in [2.05, 4.69) is 10.3 Å². The van der Waals surface area contributed by atoms with Crippen LogP contribution in [0.4, 0.5) is 3.89 Å². The van der Waals surface area contributed by atoms with Gasteiger partial charge in [-0.25, -0.2) is 0 Å². The molecule has 7 heteroatoms. The van der Waals surface area contributed by atoms with Gasteiger partial charge in [-0.2, -0.15) is 9.15 Å². The van der Waals surface area contributed by atoms with E-state index in [1.165, 1.54) is 18.2 Å². The molecule has 16 heavy (non-hydrogen) atoms. The quantitative estimate of drug-likeness (QED) is 0.378. The van der Waals surface area contributed by atoms with Crippen LogP contribution in [0.2, 0.25) is 0 Å². The van der Waals surface area contributed by atoms with Crippen molar-refractivity contribution < 1.29 is 9.09 Å². The molecule has 5 nitrogen and oxygen atoms in total. The second kappa shape index (κ2) is 5.23. The van der Waals surface area contributed by atoms with Crippen LogP contribution in [0.5, 0.6) is 0 Å². The molecule has 0 aliphatic carbocycles. The van der Waals surface area contributed by atoms with Crippen molar-refractivity contribution in [2.75, 3.05) is 0 Å². The van der Waals surface area contributed by atoms with E-state index in [4.69, 9.17) is 10.5 Å². The summed E-state index contributed by atoms with van der Waals surface area (Å²) in [5.41, 5.74) is -0.186. The molecule has 0 fully saturated rings. The van der Waals surface area contributed by atoms with Gasteiger partial charge in [-0.05, 0) is 5.18 Å². The molecule has 0 saturated carbocycles. The van der Waals surface area contributed by atoms with Crippen LogP contribution in [0.25, 0.3) is 0 Å². The van der Waals surface area contributed by atoms with Crippen LogP contribution in [0.15, 0.2) is 40.7 Å². The molecule has 1 aromatic carbocycles. The van der Waals surface area contributed by atoms with E-state index in [-0.39, 0.29) is 5.56 Å². The van der Waals surface area contributed by atoms with Gasteiger partial charge >= 0.3 is 4.87 Å². The monoisotopic (exact) mass is 239 g/mol. The summed E-state index contributed by atoms with van der Waals surface area (Å²) in [6, 6.07) is 9.20. The first-order valence-electron chi connectivity index (χ1n) is 4.07. The number of rotatable bonds is 4. The molecule has 0 aliphatic heterocycles. The van der Waals surface area contributed by atoms with Crippen LogP contribution >= 0.6 is 12.1 Å². The number of nitriles is 1. The van der Waals surface area contributed by atoms with E-state index < -0.39 is 22.7 Å². The third kappa shape index (κ3) is 2.01. The van der Waals surface area contributed by atoms with E-state index >= 15 is 0 Å². The SMILES string of the molecule is N#CC(N=O)(SF)/C(=N\O)c1ccccc1. The minimum Gasteiger partial charge on any atom is -0.410 e. The highest BCUT2D eigenvalue weighted by Gasteiger charge is 2.42. The first-order chi connectivity index (χ1) is 7.74. The minimum atomic E-state index is -2.38. The maximum Gasteiger partial charge on any atom is 0.307 e. The molecule has 82 valence electrons. The Kier molecular flexibility index (Phi) is 3.96. The van der Waals surface area contributed by atoms with E-state index in [1.54, 1.807) is 18.2 Å². The van der Waals surface area contributed by atoms with Crippen molar-refractivity contribution in [1.82, 2.24) is 0 Å². The molecule has 0 aliphatic rings. The number of hydrogen-bond acceptors (Lipinski definition) is 6. The second-order valence-electron chi connectivity index (χ2n) is 2.74. The minimum absolute atomic E-state index is 0.247. The van der Waals surface area contributed by atoms with Crippen molar-refractivity contribution in [2.24, 2.45) is 10.3 Å². The molecule has 1 atom stereocenters. The van der Waals surface area contributed by atoms with Crippen LogP contribution in [0, 0.1) is 16.2 Å². The highest BCUT2D eigenvalue weighted by atomic mass is 32.2. The van der Waals surface area contributed by atoms with Crippen LogP contribution in [-0.2, 0) is 0 Å². The largest absolute Gasteiger partial charge is 0.410 e. The van der Waals surface area contributed by atoms with Gasteiger partial charge in [-0.1, -0.05) is 35.5 Å². The maximum atomic E-state index is 12.6. The van der Waals surface area contributed by atoms with Gasteiger partial charge in [-0.3, -0.25) is 0 Å². The van der Waals surface area contributed by atoms with Crippen molar-refractivity contribution in [1.29, 1.82) is 5.26 Å². The average Bonchev–Trinajstić information content (AvgIpc) is 2.37. The van der Waals surface area contributed by atoms with Crippen LogP contribution in [0.1, 0.15) is 5.56 Å². The van der Waals surface area contributed by atoms with Gasteiger partial charge < -0.3 is 5.21 Å². The Hall–Kier alpha value is -1.94. The van der Waals surface area contributed by atoms with Gasteiger partial charge in [0, 0.05) is 5.56 Å². The van der Waals surface area contributed by atoms with Gasteiger partial charge in [0.05, 0.1) is 0 Å². The Balaban J connectivity index is 3.29. The third-order valence-corrected chi connectivity index (χ3v) is 2.44. The lowest BCUT2D eigenvalue weighted by Crippen LogP contribution is -2.31. The molecule has 0 aromatic heterocycles. The summed E-state index contributed by atoms with van der Waals surface area (Å²) in [7, 11) is 0. The van der Waals surface area contributed by atoms with Gasteiger partial charge in [-0.15, -0.1) is 4.91 Å². The first-order valence-corrected chi connectivity index (χ1v) is 4.79. The molecule has 1 N–H and O–H groups in total. The summed E-state index contributed by atoms with van der Waals surface area (Å²) < 4.78 is 12.6. The molecule has 0 bridgehead atoms. The number of nitrogens with zero attached hydrogens (tertiary/aromatic N) is 3. The van der Waals surface area contributed by atoms with E-state index in [9.17, 15) is 8.79 Å². The fraction of sp³-hybridized carbons (Fsp3) is 0.111. The zero-order valence-corrected chi connectivity index (χ0v) is 8.69. The zero-order valence-electron chi connectivity index (χ0n) is 7.87. The Bertz CT molecular complexity index is 446. The fourth-order valence-electron chi connectivity index (χ4n) is 1.10. The summed E-state index contributed by atoms with van der Waals surface area (Å²) in [5, 5.41) is 22.7. The lowest BCUT2D eigenvalue weighted by molar-refractivity contribution is 0.317. The van der Waals surface area contributed by atoms with Crippen LogP contribution < -0.4 is 0 Å². The standard InChI is InChI=1S/C9H6FN3O2S/c10-16-9(6-11,13-15)8(12-14)7-4-2-1-3-5-7/h1-5,14H/b12-8-. The molecule has 1 rings (SSSR count). The number of nitroso groups, excluding NO2 is 1. The van der Waals surface area contributed by atoms with Crippen molar-refractivity contribution >= 4 is 17.9 Å². The summed E-state index contributed by atoms with van der Waals surface area (Å²) in [6.07, 6.45) is 0. The molecular weight excluding hydrogens is 233 g/mol. The Morgan fingerprint density at radius 3 is 2.50 bits per heavy atom. The fourth-order valence-corrected chi connectivity index (χ4v) is 1.40. The topological polar surface area (TPSA) is 85.8 Å². The predicted octanol–water partition coefficient (Wildman–Crippen LogP) is 2.47. The van der Waals surface area contributed by atoms with Crippen LogP contribution in [0.3, 0.4) is 0 Å². The van der Waals surface area contributed by atoms with Crippen molar-refractivity contribution in [2.45, 2.75) is 4.87 Å². The van der Waals surface area contributed by atoms with Crippen molar-refractivity contribution in [3.8, 4) is 6.07 Å². The van der Waals surface area contributed by atoms with Gasteiger partial charge in [0.2, 0.25) is 0 Å². The molecule has 0 amide bonds. The molecule has 0 radical (unpaired) electrons. The smallest absolute Gasteiger partial charge is 0.307 e. The Morgan fingerprint density at radius 1 is 1.50 bits per heavy atom. The molecule has 1 unspecified atom stereocenters. The summed E-state index contributed by atoms with van der Waals surface area (Å²) in [4.78, 5) is 8.16. The van der Waals surface area contributed by atoms with E-state index in [0.29, 0.717) is 0 Å². The van der Waals surface area contributed by atoms with Gasteiger partial charge in [0.25, 0.3) is 0 Å². The average molecular weight is 239 g/mol. The molecule has 0 saturated heterocycles. The molecule has 1 aromatic rings. The molecular formula is C9H6FN3O2S. The summed E-state index contributed by atoms with van der Waals surface area (Å²) >= 11 is -0.586. The summed E-state index contributed by atoms with van der Waals surface area (Å²) in [5.74, 6) is 0. The lowest BCUT2D eigenvalue weighted by atomic mass is 10.0. The number of hydrogen-bond donors (Lipinski definition) is 1. The number of halogens is 1. The van der Waals surface area contributed by atoms with Gasteiger partial charge in [0.1, 0.15) is 23.9 Å². The maximum absolute atomic E-state index is 12.6. The highest BCUT2D eigenvalue weighted by molar-refractivity contribution is 7.96. The summed E-state index contributed by atoms with van der Waals surface area (Å²) in [6.45, 7) is 0. The first kappa shape index (κ1) is 12.1. The highest BCUT2D eigenvalue weighted by Crippen LogP contribution is 2.31. The Morgan fingerprint density at radius 2 is 2.12 bits per heavy atom. The van der Waals surface area contributed by atoms with Crippen LogP contribution in [-0.4, -0.2) is 15.8 Å². The van der Waals surface area contributed by atoms with E-state index in [1.807, 2.05) is 0 Å². The molecule has 0 spiro atoms. The predicted molar refractivity (Wildman–Crippen MR) is 57.6 cm³/mol. The van der Waals surface area contributed by atoms with Gasteiger partial charge in [0.15, 0.2) is 0 Å². The molecule has 0 heterocycles. The van der Waals surface area contributed by atoms with Crippen molar-refractivity contribution in [3.63, 3.8) is 0 Å². The number of benzene rings is 1. The number of oxime groups is 1. The van der Waals surface area contributed by atoms with Crippen molar-refractivity contribution in [3.05, 3.63) is 40.8 Å². The Labute approximate surface area is 94.8 Å². The normalized spacial score (nSPS) is 14.9. The van der Waals surface area contributed by atoms with E-state index in [0.717, 1.165) is 0 Å². The third-order valence-electron chi connectivity index (χ3n) is 1.86. The lowest BCUT2D eigenvalue weighted by Gasteiger charge is -2.13.